The topological polar surface area (TPSA) is 70.3 Å². The Morgan fingerprint density at radius 3 is 2.83 bits per heavy atom. The van der Waals surface area contributed by atoms with Crippen LogP contribution in [-0.4, -0.2) is 42.2 Å². The van der Waals surface area contributed by atoms with Gasteiger partial charge in [0.05, 0.1) is 12.1 Å². The molecule has 29 heavy (non-hydrogen) atoms. The molecule has 7 heteroatoms. The first-order valence-corrected chi connectivity index (χ1v) is 11.0. The predicted octanol–water partition coefficient (Wildman–Crippen LogP) is 4.16. The number of nitrogens with zero attached hydrogens (tertiary/aromatic N) is 3. The number of ether oxygens (including phenoxy) is 1. The van der Waals surface area contributed by atoms with Crippen LogP contribution in [0.3, 0.4) is 0 Å². The van der Waals surface area contributed by atoms with Crippen LogP contribution < -0.4 is 5.32 Å². The molecule has 0 aromatic carbocycles. The summed E-state index contributed by atoms with van der Waals surface area (Å²) in [7, 11) is 1.68. The van der Waals surface area contributed by atoms with Crippen molar-refractivity contribution in [3.05, 3.63) is 38.7 Å². The first-order valence-electron chi connectivity index (χ1n) is 10.1. The van der Waals surface area contributed by atoms with Crippen LogP contribution in [0.1, 0.15) is 51.9 Å². The molecule has 2 aromatic rings. The Kier molecular flexibility index (Phi) is 7.12. The van der Waals surface area contributed by atoms with Gasteiger partial charge in [-0.1, -0.05) is 0 Å². The second-order valence-electron chi connectivity index (χ2n) is 7.67. The molecule has 1 fully saturated rings. The lowest BCUT2D eigenvalue weighted by molar-refractivity contribution is -0.117. The molecule has 1 amide bonds. The van der Waals surface area contributed by atoms with E-state index in [1.807, 2.05) is 29.8 Å². The number of aromatic nitrogens is 1. The average Bonchev–Trinajstić information content (AvgIpc) is 3.37. The Morgan fingerprint density at radius 1 is 1.38 bits per heavy atom. The smallest absolute Gasteiger partial charge is 0.239 e. The SMILES string of the molecule is COCCCn1c(C)c(C)c(C#N)c1NC(=O)CN1CCCC1c1ccc(C)s1. The molecule has 1 aliphatic rings. The summed E-state index contributed by atoms with van der Waals surface area (Å²) in [5.74, 6) is 0.554. The van der Waals surface area contributed by atoms with E-state index in [-0.39, 0.29) is 5.91 Å². The zero-order chi connectivity index (χ0) is 21.0. The molecule has 1 atom stereocenters. The Hall–Kier alpha value is -2.14. The summed E-state index contributed by atoms with van der Waals surface area (Å²) in [5.41, 5.74) is 2.49. The zero-order valence-corrected chi connectivity index (χ0v) is 18.6. The highest BCUT2D eigenvalue weighted by Gasteiger charge is 2.29. The molecular formula is C22H30N4O2S. The number of hydrogen-bond donors (Lipinski definition) is 1. The lowest BCUT2D eigenvalue weighted by Gasteiger charge is -2.23. The number of nitrogens with one attached hydrogen (secondary N) is 1. The second kappa shape index (κ2) is 9.57. The largest absolute Gasteiger partial charge is 0.385 e. The number of anilines is 1. The van der Waals surface area contributed by atoms with E-state index in [1.165, 1.54) is 9.75 Å². The molecule has 1 saturated heterocycles. The first kappa shape index (κ1) is 21.6. The molecule has 0 aliphatic carbocycles. The van der Waals surface area contributed by atoms with Crippen LogP contribution in [0.2, 0.25) is 0 Å². The minimum Gasteiger partial charge on any atom is -0.385 e. The van der Waals surface area contributed by atoms with Crippen LogP contribution in [-0.2, 0) is 16.1 Å². The van der Waals surface area contributed by atoms with E-state index in [0.29, 0.717) is 37.1 Å². The lowest BCUT2D eigenvalue weighted by atomic mass is 10.2. The van der Waals surface area contributed by atoms with Gasteiger partial charge >= 0.3 is 0 Å². The van der Waals surface area contributed by atoms with Gasteiger partial charge in [-0.2, -0.15) is 5.26 Å². The molecule has 1 unspecified atom stereocenters. The third kappa shape index (κ3) is 4.72. The Balaban J connectivity index is 1.74. The van der Waals surface area contributed by atoms with E-state index in [9.17, 15) is 10.1 Å². The van der Waals surface area contributed by atoms with Gasteiger partial charge in [-0.3, -0.25) is 9.69 Å². The quantitative estimate of drug-likeness (QED) is 0.659. The van der Waals surface area contributed by atoms with Gasteiger partial charge in [0.25, 0.3) is 0 Å². The van der Waals surface area contributed by atoms with Crippen molar-refractivity contribution in [1.29, 1.82) is 5.26 Å². The van der Waals surface area contributed by atoms with Crippen molar-refractivity contribution in [3.8, 4) is 6.07 Å². The lowest BCUT2D eigenvalue weighted by Crippen LogP contribution is -2.33. The second-order valence-corrected chi connectivity index (χ2v) is 8.99. The van der Waals surface area contributed by atoms with Crippen molar-refractivity contribution in [2.45, 2.75) is 52.6 Å². The average molecular weight is 415 g/mol. The van der Waals surface area contributed by atoms with Gasteiger partial charge in [0.2, 0.25) is 5.91 Å². The Morgan fingerprint density at radius 2 is 2.17 bits per heavy atom. The highest BCUT2D eigenvalue weighted by Crippen LogP contribution is 2.35. The Bertz CT molecular complexity index is 909. The van der Waals surface area contributed by atoms with Crippen molar-refractivity contribution in [3.63, 3.8) is 0 Å². The minimum atomic E-state index is -0.0628. The predicted molar refractivity (Wildman–Crippen MR) is 116 cm³/mol. The highest BCUT2D eigenvalue weighted by molar-refractivity contribution is 7.12. The van der Waals surface area contributed by atoms with E-state index in [0.717, 1.165) is 37.1 Å². The van der Waals surface area contributed by atoms with Gasteiger partial charge in [0, 0.05) is 41.8 Å². The summed E-state index contributed by atoms with van der Waals surface area (Å²) >= 11 is 1.81. The molecule has 0 spiro atoms. The summed E-state index contributed by atoms with van der Waals surface area (Å²) in [6.45, 7) is 8.66. The molecule has 0 radical (unpaired) electrons. The molecule has 1 N–H and O–H groups in total. The van der Waals surface area contributed by atoms with Crippen molar-refractivity contribution < 1.29 is 9.53 Å². The van der Waals surface area contributed by atoms with Gasteiger partial charge in [-0.25, -0.2) is 0 Å². The maximum atomic E-state index is 12.9. The maximum absolute atomic E-state index is 12.9. The van der Waals surface area contributed by atoms with Gasteiger partial charge in [-0.05, 0) is 64.3 Å². The normalized spacial score (nSPS) is 16.9. The fraction of sp³-hybridized carbons (Fsp3) is 0.545. The van der Waals surface area contributed by atoms with Crippen LogP contribution in [0.15, 0.2) is 12.1 Å². The number of aryl methyl sites for hydroxylation is 1. The molecule has 3 rings (SSSR count). The van der Waals surface area contributed by atoms with Gasteiger partial charge < -0.3 is 14.6 Å². The number of hydrogen-bond acceptors (Lipinski definition) is 5. The Labute approximate surface area is 177 Å². The molecule has 3 heterocycles. The fourth-order valence-electron chi connectivity index (χ4n) is 4.10. The highest BCUT2D eigenvalue weighted by atomic mass is 32.1. The molecule has 1 aliphatic heterocycles. The van der Waals surface area contributed by atoms with E-state index >= 15 is 0 Å². The van der Waals surface area contributed by atoms with Crippen molar-refractivity contribution in [2.24, 2.45) is 0 Å². The van der Waals surface area contributed by atoms with E-state index in [4.69, 9.17) is 4.74 Å². The zero-order valence-electron chi connectivity index (χ0n) is 17.7. The van der Waals surface area contributed by atoms with E-state index in [2.05, 4.69) is 35.3 Å². The van der Waals surface area contributed by atoms with Gasteiger partial charge in [0.1, 0.15) is 11.9 Å². The molecule has 0 saturated carbocycles. The minimum absolute atomic E-state index is 0.0628. The van der Waals surface area contributed by atoms with Crippen LogP contribution in [0, 0.1) is 32.1 Å². The number of amides is 1. The number of likely N-dealkylation sites (tertiary alicyclic amines) is 1. The summed E-state index contributed by atoms with van der Waals surface area (Å²) in [6, 6.07) is 6.91. The van der Waals surface area contributed by atoms with Gasteiger partial charge in [0.15, 0.2) is 0 Å². The maximum Gasteiger partial charge on any atom is 0.239 e. The first-order chi connectivity index (χ1) is 14.0. The van der Waals surface area contributed by atoms with Gasteiger partial charge in [-0.15, -0.1) is 11.3 Å². The number of nitriles is 1. The number of rotatable bonds is 8. The van der Waals surface area contributed by atoms with Crippen molar-refractivity contribution >= 4 is 23.1 Å². The molecule has 156 valence electrons. The number of carbonyl (C=O) groups excluding carboxylic acids is 1. The summed E-state index contributed by atoms with van der Waals surface area (Å²) in [6.07, 6.45) is 3.01. The molecule has 2 aromatic heterocycles. The standard InChI is InChI=1S/C22H30N4O2S/c1-15-8-9-20(29-15)19-7-5-10-25(19)14-21(27)24-22-18(13-23)16(2)17(3)26(22)11-6-12-28-4/h8-9,19H,5-7,10-12,14H2,1-4H3,(H,24,27). The number of carbonyl (C=O) groups is 1. The molecule has 6 nitrogen and oxygen atoms in total. The molecule has 0 bridgehead atoms. The molecular weight excluding hydrogens is 384 g/mol. The van der Waals surface area contributed by atoms with Crippen LogP contribution in [0.25, 0.3) is 0 Å². The van der Waals surface area contributed by atoms with Crippen LogP contribution >= 0.6 is 11.3 Å². The number of methoxy groups -OCH3 is 1. The third-order valence-corrected chi connectivity index (χ3v) is 6.83. The fourth-order valence-corrected chi connectivity index (χ4v) is 5.15. The van der Waals surface area contributed by atoms with E-state index < -0.39 is 0 Å². The van der Waals surface area contributed by atoms with Crippen molar-refractivity contribution in [1.82, 2.24) is 9.47 Å². The third-order valence-electron chi connectivity index (χ3n) is 5.73. The van der Waals surface area contributed by atoms with E-state index in [1.54, 1.807) is 7.11 Å². The monoisotopic (exact) mass is 414 g/mol. The summed E-state index contributed by atoms with van der Waals surface area (Å²) < 4.78 is 7.20. The van der Waals surface area contributed by atoms with Crippen LogP contribution in [0.4, 0.5) is 5.82 Å². The summed E-state index contributed by atoms with van der Waals surface area (Å²) in [4.78, 5) is 17.8. The number of thiophene rings is 1. The summed E-state index contributed by atoms with van der Waals surface area (Å²) in [5, 5.41) is 12.7. The van der Waals surface area contributed by atoms with Crippen molar-refractivity contribution in [2.75, 3.05) is 32.1 Å². The van der Waals surface area contributed by atoms with Crippen LogP contribution in [0.5, 0.6) is 0 Å².